The second-order valence-electron chi connectivity index (χ2n) is 3.80. The van der Waals surface area contributed by atoms with Crippen LogP contribution in [0.4, 0.5) is 0 Å². The van der Waals surface area contributed by atoms with Gasteiger partial charge in [-0.05, 0) is 17.9 Å². The summed E-state index contributed by atoms with van der Waals surface area (Å²) in [5.41, 5.74) is 0.901. The molecule has 1 heteroatoms. The molecule has 0 saturated carbocycles. The van der Waals surface area contributed by atoms with Crippen LogP contribution in [0.25, 0.3) is 0 Å². The molecule has 0 aromatic carbocycles. The summed E-state index contributed by atoms with van der Waals surface area (Å²) < 4.78 is 0. The highest BCUT2D eigenvalue weighted by atomic mass is 16.1. The van der Waals surface area contributed by atoms with Crippen LogP contribution in [0, 0.1) is 5.41 Å². The van der Waals surface area contributed by atoms with Crippen LogP contribution in [0.3, 0.4) is 0 Å². The number of ketones is 1. The van der Waals surface area contributed by atoms with Crippen molar-refractivity contribution in [3.8, 4) is 0 Å². The van der Waals surface area contributed by atoms with Gasteiger partial charge in [-0.25, -0.2) is 0 Å². The first kappa shape index (κ1) is 8.25. The number of carbonyl (C=O) groups excluding carboxylic acids is 1. The van der Waals surface area contributed by atoms with Gasteiger partial charge in [-0.15, -0.1) is 0 Å². The van der Waals surface area contributed by atoms with E-state index in [4.69, 9.17) is 0 Å². The molecule has 0 N–H and O–H groups in total. The lowest BCUT2D eigenvalue weighted by Crippen LogP contribution is -2.13. The Hall–Kier alpha value is -0.850. The molecule has 0 radical (unpaired) electrons. The fraction of sp³-hybridized carbons (Fsp3) is 0.500. The largest absolute Gasteiger partial charge is 0.295 e. The van der Waals surface area contributed by atoms with E-state index in [9.17, 15) is 4.79 Å². The second kappa shape index (κ2) is 2.65. The number of allylic oxidation sites excluding steroid dienone is 4. The maximum Gasteiger partial charge on any atom is 0.159 e. The third-order valence-corrected chi connectivity index (χ3v) is 1.95. The van der Waals surface area contributed by atoms with Crippen molar-refractivity contribution in [3.05, 3.63) is 23.8 Å². The Labute approximate surface area is 67.8 Å². The summed E-state index contributed by atoms with van der Waals surface area (Å²) in [7, 11) is 0. The maximum atomic E-state index is 11.3. The zero-order valence-corrected chi connectivity index (χ0v) is 7.35. The van der Waals surface area contributed by atoms with E-state index in [2.05, 4.69) is 19.9 Å². The highest BCUT2D eigenvalue weighted by Gasteiger charge is 2.20. The van der Waals surface area contributed by atoms with Crippen LogP contribution < -0.4 is 0 Å². The predicted molar refractivity (Wildman–Crippen MR) is 46.3 cm³/mol. The van der Waals surface area contributed by atoms with E-state index in [0.29, 0.717) is 6.42 Å². The SMILES string of the molecule is CC1=CC=CC(C)(C)CC1=O. The summed E-state index contributed by atoms with van der Waals surface area (Å²) in [4.78, 5) is 11.3. The third kappa shape index (κ3) is 2.04. The molecular formula is C10H14O. The van der Waals surface area contributed by atoms with Crippen LogP contribution in [0.15, 0.2) is 23.8 Å². The molecule has 0 saturated heterocycles. The Bertz CT molecular complexity index is 231. The van der Waals surface area contributed by atoms with Crippen molar-refractivity contribution >= 4 is 5.78 Å². The molecule has 0 atom stereocenters. The van der Waals surface area contributed by atoms with E-state index < -0.39 is 0 Å². The molecule has 0 heterocycles. The molecule has 0 aromatic rings. The van der Waals surface area contributed by atoms with Crippen LogP contribution in [-0.2, 0) is 4.79 Å². The van der Waals surface area contributed by atoms with Crippen LogP contribution in [0.1, 0.15) is 27.2 Å². The summed E-state index contributed by atoms with van der Waals surface area (Å²) in [5.74, 6) is 0.264. The first-order valence-electron chi connectivity index (χ1n) is 3.91. The minimum absolute atomic E-state index is 0.0331. The molecule has 0 spiro atoms. The quantitative estimate of drug-likeness (QED) is 0.518. The number of hydrogen-bond donors (Lipinski definition) is 0. The molecule has 1 aliphatic carbocycles. The number of Topliss-reactive ketones (excluding diaryl/α,β-unsaturated/α-hetero) is 1. The van der Waals surface area contributed by atoms with Crippen molar-refractivity contribution in [2.75, 3.05) is 0 Å². The van der Waals surface area contributed by atoms with Gasteiger partial charge in [0.2, 0.25) is 0 Å². The van der Waals surface area contributed by atoms with Crippen molar-refractivity contribution in [3.63, 3.8) is 0 Å². The van der Waals surface area contributed by atoms with E-state index in [1.165, 1.54) is 0 Å². The summed E-state index contributed by atoms with van der Waals surface area (Å²) in [5, 5.41) is 0. The molecule has 0 fully saturated rings. The van der Waals surface area contributed by atoms with Crippen LogP contribution >= 0.6 is 0 Å². The molecular weight excluding hydrogens is 136 g/mol. The standard InChI is InChI=1S/C10H14O/c1-8-5-4-6-10(2,3)7-9(8)11/h4-6H,7H2,1-3H3. The van der Waals surface area contributed by atoms with E-state index >= 15 is 0 Å². The van der Waals surface area contributed by atoms with Crippen molar-refractivity contribution in [2.45, 2.75) is 27.2 Å². The highest BCUT2D eigenvalue weighted by Crippen LogP contribution is 2.26. The molecule has 0 amide bonds. The monoisotopic (exact) mass is 150 g/mol. The smallest absolute Gasteiger partial charge is 0.159 e. The first-order chi connectivity index (χ1) is 5.01. The van der Waals surface area contributed by atoms with Crippen molar-refractivity contribution < 1.29 is 4.79 Å². The average molecular weight is 150 g/mol. The highest BCUT2D eigenvalue weighted by molar-refractivity contribution is 5.95. The van der Waals surface area contributed by atoms with E-state index in [-0.39, 0.29) is 11.2 Å². The van der Waals surface area contributed by atoms with Gasteiger partial charge in [0.05, 0.1) is 0 Å². The molecule has 11 heavy (non-hydrogen) atoms. The fourth-order valence-corrected chi connectivity index (χ4v) is 1.16. The van der Waals surface area contributed by atoms with Crippen LogP contribution in [0.5, 0.6) is 0 Å². The molecule has 0 aromatic heterocycles. The summed E-state index contributed by atoms with van der Waals surface area (Å²) in [6.07, 6.45) is 6.57. The lowest BCUT2D eigenvalue weighted by Gasteiger charge is -2.16. The van der Waals surface area contributed by atoms with Crippen molar-refractivity contribution in [2.24, 2.45) is 5.41 Å². The molecule has 0 bridgehead atoms. The minimum Gasteiger partial charge on any atom is -0.295 e. The normalized spacial score (nSPS) is 22.8. The van der Waals surface area contributed by atoms with Gasteiger partial charge in [0.25, 0.3) is 0 Å². The average Bonchev–Trinajstić information content (AvgIpc) is 1.93. The molecule has 1 nitrogen and oxygen atoms in total. The maximum absolute atomic E-state index is 11.3. The number of rotatable bonds is 0. The predicted octanol–water partition coefficient (Wildman–Crippen LogP) is 2.49. The Morgan fingerprint density at radius 2 is 2.09 bits per heavy atom. The Balaban J connectivity index is 2.88. The van der Waals surface area contributed by atoms with Gasteiger partial charge in [-0.1, -0.05) is 32.1 Å². The fourth-order valence-electron chi connectivity index (χ4n) is 1.16. The van der Waals surface area contributed by atoms with Crippen molar-refractivity contribution in [1.29, 1.82) is 0 Å². The van der Waals surface area contributed by atoms with Crippen LogP contribution in [-0.4, -0.2) is 5.78 Å². The summed E-state index contributed by atoms with van der Waals surface area (Å²) in [6, 6.07) is 0. The van der Waals surface area contributed by atoms with Gasteiger partial charge >= 0.3 is 0 Å². The summed E-state index contributed by atoms with van der Waals surface area (Å²) in [6.45, 7) is 6.02. The third-order valence-electron chi connectivity index (χ3n) is 1.95. The molecule has 1 aliphatic rings. The zero-order chi connectivity index (χ0) is 8.48. The lowest BCUT2D eigenvalue weighted by molar-refractivity contribution is -0.116. The lowest BCUT2D eigenvalue weighted by atomic mass is 9.87. The van der Waals surface area contributed by atoms with Gasteiger partial charge in [0.15, 0.2) is 5.78 Å². The Morgan fingerprint density at radius 1 is 1.45 bits per heavy atom. The Morgan fingerprint density at radius 3 is 2.73 bits per heavy atom. The van der Waals surface area contributed by atoms with Gasteiger partial charge in [-0.2, -0.15) is 0 Å². The summed E-state index contributed by atoms with van der Waals surface area (Å²) >= 11 is 0. The van der Waals surface area contributed by atoms with Crippen LogP contribution in [0.2, 0.25) is 0 Å². The molecule has 1 rings (SSSR count). The zero-order valence-electron chi connectivity index (χ0n) is 7.35. The number of hydrogen-bond acceptors (Lipinski definition) is 1. The van der Waals surface area contributed by atoms with Gasteiger partial charge in [-0.3, -0.25) is 4.79 Å². The second-order valence-corrected chi connectivity index (χ2v) is 3.80. The molecule has 0 aliphatic heterocycles. The topological polar surface area (TPSA) is 17.1 Å². The van der Waals surface area contributed by atoms with E-state index in [0.717, 1.165) is 5.57 Å². The minimum atomic E-state index is 0.0331. The first-order valence-corrected chi connectivity index (χ1v) is 3.91. The van der Waals surface area contributed by atoms with Gasteiger partial charge in [0, 0.05) is 6.42 Å². The van der Waals surface area contributed by atoms with Gasteiger partial charge < -0.3 is 0 Å². The molecule has 0 unspecified atom stereocenters. The van der Waals surface area contributed by atoms with Gasteiger partial charge in [0.1, 0.15) is 0 Å². The van der Waals surface area contributed by atoms with E-state index in [1.54, 1.807) is 0 Å². The number of carbonyl (C=O) groups is 1. The van der Waals surface area contributed by atoms with E-state index in [1.807, 2.05) is 19.1 Å². The Kier molecular flexibility index (Phi) is 1.99. The van der Waals surface area contributed by atoms with Crippen molar-refractivity contribution in [1.82, 2.24) is 0 Å². The molecule has 60 valence electrons.